The third kappa shape index (κ3) is 2.59. The predicted molar refractivity (Wildman–Crippen MR) is 109 cm³/mol. The molecule has 11 atom stereocenters. The predicted octanol–water partition coefficient (Wildman–Crippen LogP) is -1.36. The monoisotopic (exact) mass is 480 g/mol. The second-order valence-corrected chi connectivity index (χ2v) is 10.2. The lowest BCUT2D eigenvalue weighted by Crippen LogP contribution is -2.80. The summed E-state index contributed by atoms with van der Waals surface area (Å²) in [5, 5.41) is 51.7. The number of aliphatic hydroxyl groups is 5. The summed E-state index contributed by atoms with van der Waals surface area (Å²) in [5.74, 6) is -2.49. The van der Waals surface area contributed by atoms with Crippen LogP contribution in [0.25, 0.3) is 0 Å². The summed E-state index contributed by atoms with van der Waals surface area (Å²) in [5.41, 5.74) is -2.99. The van der Waals surface area contributed by atoms with Crippen LogP contribution < -0.4 is 0 Å². The summed E-state index contributed by atoms with van der Waals surface area (Å²) < 4.78 is 29.7. The zero-order chi connectivity index (χ0) is 24.1. The van der Waals surface area contributed by atoms with Crippen LogP contribution in [-0.4, -0.2) is 98.7 Å². The molecule has 3 aliphatic carbocycles. The van der Waals surface area contributed by atoms with Gasteiger partial charge in [0.15, 0.2) is 18.4 Å². The second-order valence-electron chi connectivity index (χ2n) is 10.2. The van der Waals surface area contributed by atoms with Gasteiger partial charge < -0.3 is 49.2 Å². The molecule has 1 aromatic carbocycles. The van der Waals surface area contributed by atoms with Gasteiger partial charge in [-0.1, -0.05) is 18.2 Å². The quantitative estimate of drug-likeness (QED) is 0.306. The fourth-order valence-electron chi connectivity index (χ4n) is 6.87. The summed E-state index contributed by atoms with van der Waals surface area (Å²) in [4.78, 5) is 12.7. The molecule has 0 aromatic heterocycles. The Morgan fingerprint density at radius 1 is 1.12 bits per heavy atom. The molecule has 0 spiro atoms. The number of carbonyl (C=O) groups is 1. The molecule has 11 nitrogen and oxygen atoms in total. The summed E-state index contributed by atoms with van der Waals surface area (Å²) in [6.07, 6.45) is -7.87. The Bertz CT molecular complexity index is 988. The minimum absolute atomic E-state index is 0.0902. The molecule has 8 rings (SSSR count). The lowest BCUT2D eigenvalue weighted by Gasteiger charge is -2.67. The lowest BCUT2D eigenvalue weighted by atomic mass is 9.41. The van der Waals surface area contributed by atoms with Crippen molar-refractivity contribution in [1.29, 1.82) is 0 Å². The maximum atomic E-state index is 12.7. The number of hydrogen-bond acceptors (Lipinski definition) is 11. The molecule has 0 amide bonds. The largest absolute Gasteiger partial charge is 0.461 e. The van der Waals surface area contributed by atoms with Crippen LogP contribution in [0, 0.1) is 11.3 Å². The summed E-state index contributed by atoms with van der Waals surface area (Å²) in [7, 11) is 0. The van der Waals surface area contributed by atoms with E-state index in [4.69, 9.17) is 23.7 Å². The van der Waals surface area contributed by atoms with Gasteiger partial charge >= 0.3 is 5.97 Å². The lowest BCUT2D eigenvalue weighted by molar-refractivity contribution is -0.424. The van der Waals surface area contributed by atoms with Crippen LogP contribution >= 0.6 is 0 Å². The van der Waals surface area contributed by atoms with Gasteiger partial charge in [-0.25, -0.2) is 4.79 Å². The van der Waals surface area contributed by atoms with Crippen LogP contribution in [0.5, 0.6) is 0 Å². The van der Waals surface area contributed by atoms with Crippen molar-refractivity contribution in [2.24, 2.45) is 11.3 Å². The van der Waals surface area contributed by atoms with E-state index in [0.29, 0.717) is 5.56 Å². The third-order valence-corrected chi connectivity index (χ3v) is 8.57. The van der Waals surface area contributed by atoms with E-state index in [9.17, 15) is 30.3 Å². The van der Waals surface area contributed by atoms with E-state index >= 15 is 0 Å². The number of rotatable bonds is 6. The molecule has 0 unspecified atom stereocenters. The van der Waals surface area contributed by atoms with Crippen molar-refractivity contribution in [3.8, 4) is 0 Å². The highest BCUT2D eigenvalue weighted by atomic mass is 16.8. The summed E-state index contributed by atoms with van der Waals surface area (Å²) in [6.45, 7) is 0.985. The van der Waals surface area contributed by atoms with Crippen molar-refractivity contribution < 1.29 is 54.0 Å². The zero-order valence-electron chi connectivity index (χ0n) is 18.4. The standard InChI is InChI=1S/C23H28O11/c1-20-9-22(29)13-7-23(20,32-18-16(27)15(26)14(25)12(8-24)31-18)21(13,19(33-20)34-22)10-30-17(28)11-5-3-2-4-6-11/h2-6,12-16,18-19,24-27,29H,7-10H2,1H3/t12-,13+,14+,15+,16-,18+,19-,20+,21+,22-,23+/m1/s1. The molecule has 4 saturated heterocycles. The minimum Gasteiger partial charge on any atom is -0.461 e. The first kappa shape index (κ1) is 22.8. The fourth-order valence-corrected chi connectivity index (χ4v) is 6.87. The molecular formula is C23H28O11. The van der Waals surface area contributed by atoms with Crippen LogP contribution in [0.2, 0.25) is 0 Å². The zero-order valence-corrected chi connectivity index (χ0v) is 18.4. The van der Waals surface area contributed by atoms with Crippen molar-refractivity contribution >= 4 is 5.97 Å². The van der Waals surface area contributed by atoms with Gasteiger partial charge in [0, 0.05) is 12.3 Å². The smallest absolute Gasteiger partial charge is 0.338 e. The Hall–Kier alpha value is -1.67. The van der Waals surface area contributed by atoms with E-state index in [2.05, 4.69) is 0 Å². The van der Waals surface area contributed by atoms with E-state index in [-0.39, 0.29) is 19.4 Å². The molecule has 6 bridgehead atoms. The Kier molecular flexibility index (Phi) is 4.81. The first-order chi connectivity index (χ1) is 16.1. The topological polar surface area (TPSA) is 164 Å². The average molecular weight is 480 g/mol. The Labute approximate surface area is 194 Å². The number of carbonyl (C=O) groups excluding carboxylic acids is 1. The highest BCUT2D eigenvalue weighted by molar-refractivity contribution is 5.89. The SMILES string of the molecule is C[C@@]12C[C@@]3(O)O[C@@H](O1)[C@]1(COC(=O)c4ccccc4)[C@@H]3C[C@@]12O[C@@H]1O[C@H](CO)[C@H](O)[C@H](O)[C@H]1O. The van der Waals surface area contributed by atoms with Crippen molar-refractivity contribution in [3.05, 3.63) is 35.9 Å². The van der Waals surface area contributed by atoms with E-state index in [1.54, 1.807) is 37.3 Å². The summed E-state index contributed by atoms with van der Waals surface area (Å²) >= 11 is 0. The van der Waals surface area contributed by atoms with Crippen molar-refractivity contribution in [2.75, 3.05) is 13.2 Å². The molecule has 7 fully saturated rings. The molecule has 4 aliphatic heterocycles. The number of hydrogen-bond donors (Lipinski definition) is 5. The van der Waals surface area contributed by atoms with Gasteiger partial charge in [-0.15, -0.1) is 0 Å². The number of aliphatic hydroxyl groups excluding tert-OH is 4. The van der Waals surface area contributed by atoms with Crippen molar-refractivity contribution in [2.45, 2.75) is 73.8 Å². The normalized spacial score (nSPS) is 52.5. The van der Waals surface area contributed by atoms with Gasteiger partial charge in [-0.2, -0.15) is 0 Å². The second kappa shape index (κ2) is 7.19. The Morgan fingerprint density at radius 2 is 1.85 bits per heavy atom. The molecular weight excluding hydrogens is 452 g/mol. The van der Waals surface area contributed by atoms with Crippen LogP contribution in [0.1, 0.15) is 30.1 Å². The van der Waals surface area contributed by atoms with Crippen molar-refractivity contribution in [3.63, 3.8) is 0 Å². The first-order valence-corrected chi connectivity index (χ1v) is 11.4. The Morgan fingerprint density at radius 3 is 2.56 bits per heavy atom. The van der Waals surface area contributed by atoms with E-state index in [1.165, 1.54) is 0 Å². The Balaban J connectivity index is 1.32. The van der Waals surface area contributed by atoms with Crippen LogP contribution in [0.3, 0.4) is 0 Å². The third-order valence-electron chi connectivity index (χ3n) is 8.57. The average Bonchev–Trinajstić information content (AvgIpc) is 3.00. The van der Waals surface area contributed by atoms with Crippen LogP contribution in [0.4, 0.5) is 0 Å². The first-order valence-electron chi connectivity index (χ1n) is 11.4. The van der Waals surface area contributed by atoms with Gasteiger partial charge in [0.1, 0.15) is 42.2 Å². The van der Waals surface area contributed by atoms with E-state index in [0.717, 1.165) is 0 Å². The molecule has 3 saturated carbocycles. The highest BCUT2D eigenvalue weighted by Crippen LogP contribution is 2.81. The summed E-state index contributed by atoms with van der Waals surface area (Å²) in [6, 6.07) is 8.47. The van der Waals surface area contributed by atoms with Crippen LogP contribution in [-0.2, 0) is 23.7 Å². The molecule has 7 aliphatic rings. The van der Waals surface area contributed by atoms with E-state index in [1.807, 2.05) is 0 Å². The molecule has 34 heavy (non-hydrogen) atoms. The molecule has 1 aromatic rings. The molecule has 0 radical (unpaired) electrons. The highest BCUT2D eigenvalue weighted by Gasteiger charge is 2.94. The fraction of sp³-hybridized carbons (Fsp3) is 0.696. The maximum absolute atomic E-state index is 12.7. The van der Waals surface area contributed by atoms with Crippen molar-refractivity contribution in [1.82, 2.24) is 0 Å². The molecule has 4 heterocycles. The van der Waals surface area contributed by atoms with Gasteiger partial charge in [-0.05, 0) is 25.5 Å². The number of benzene rings is 1. The van der Waals surface area contributed by atoms with Gasteiger partial charge in [0.05, 0.1) is 17.6 Å². The molecule has 186 valence electrons. The van der Waals surface area contributed by atoms with Gasteiger partial charge in [0.25, 0.3) is 0 Å². The van der Waals surface area contributed by atoms with Crippen LogP contribution in [0.15, 0.2) is 30.3 Å². The van der Waals surface area contributed by atoms with Gasteiger partial charge in [-0.3, -0.25) is 0 Å². The van der Waals surface area contributed by atoms with Gasteiger partial charge in [0.2, 0.25) is 0 Å². The number of ether oxygens (including phenoxy) is 5. The minimum atomic E-state index is -1.61. The maximum Gasteiger partial charge on any atom is 0.338 e. The molecule has 5 N–H and O–H groups in total. The van der Waals surface area contributed by atoms with E-state index < -0.39 is 77.9 Å². The number of esters is 1. The molecule has 11 heteroatoms.